The summed E-state index contributed by atoms with van der Waals surface area (Å²) in [5.74, 6) is -0.462. The molecule has 0 aromatic heterocycles. The van der Waals surface area contributed by atoms with Gasteiger partial charge < -0.3 is 20.5 Å². The zero-order chi connectivity index (χ0) is 21.7. The summed E-state index contributed by atoms with van der Waals surface area (Å²) in [6.45, 7) is -0.280. The number of rotatable bonds is 6. The summed E-state index contributed by atoms with van der Waals surface area (Å²) < 4.78 is 46.3. The van der Waals surface area contributed by atoms with Gasteiger partial charge in [0.25, 0.3) is 11.1 Å². The Morgan fingerprint density at radius 3 is 2.63 bits per heavy atom. The van der Waals surface area contributed by atoms with Gasteiger partial charge in [-0.15, -0.1) is 13.2 Å². The van der Waals surface area contributed by atoms with E-state index in [1.165, 1.54) is 12.1 Å². The van der Waals surface area contributed by atoms with E-state index in [4.69, 9.17) is 10.5 Å². The molecule has 2 amide bonds. The molecule has 0 bridgehead atoms. The average Bonchev–Trinajstić information content (AvgIpc) is 2.98. The number of thioether (sulfide) groups is 1. The van der Waals surface area contributed by atoms with Gasteiger partial charge in [-0.3, -0.25) is 9.59 Å². The molecule has 30 heavy (non-hydrogen) atoms. The van der Waals surface area contributed by atoms with Crippen LogP contribution in [0.15, 0.2) is 58.4 Å². The van der Waals surface area contributed by atoms with Gasteiger partial charge >= 0.3 is 6.36 Å². The third kappa shape index (κ3) is 6.27. The van der Waals surface area contributed by atoms with E-state index in [0.717, 1.165) is 23.9 Å². The molecule has 156 valence electrons. The SMILES string of the molecule is NC(=O)COc1cccc(/C=C2\SC(=O)NC2=Nc2cccc(OC(F)(F)F)c2)c1. The number of amidine groups is 1. The first-order valence-electron chi connectivity index (χ1n) is 8.34. The molecule has 11 heteroatoms. The third-order valence-corrected chi connectivity index (χ3v) is 4.30. The van der Waals surface area contributed by atoms with Crippen molar-refractivity contribution in [2.45, 2.75) is 6.36 Å². The smallest absolute Gasteiger partial charge is 0.484 e. The zero-order valence-corrected chi connectivity index (χ0v) is 15.9. The van der Waals surface area contributed by atoms with Gasteiger partial charge in [-0.25, -0.2) is 4.99 Å². The normalized spacial score (nSPS) is 16.6. The largest absolute Gasteiger partial charge is 0.573 e. The van der Waals surface area contributed by atoms with E-state index < -0.39 is 18.0 Å². The summed E-state index contributed by atoms with van der Waals surface area (Å²) in [5.41, 5.74) is 5.87. The maximum Gasteiger partial charge on any atom is 0.573 e. The number of hydrogen-bond acceptors (Lipinski definition) is 6. The van der Waals surface area contributed by atoms with Crippen LogP contribution in [0.5, 0.6) is 11.5 Å². The van der Waals surface area contributed by atoms with Crippen molar-refractivity contribution in [1.29, 1.82) is 0 Å². The highest BCUT2D eigenvalue weighted by atomic mass is 32.2. The minimum absolute atomic E-state index is 0.166. The lowest BCUT2D eigenvalue weighted by molar-refractivity contribution is -0.274. The molecular weight excluding hydrogens is 423 g/mol. The maximum absolute atomic E-state index is 12.4. The predicted octanol–water partition coefficient (Wildman–Crippen LogP) is 3.98. The Morgan fingerprint density at radius 1 is 1.17 bits per heavy atom. The van der Waals surface area contributed by atoms with E-state index in [1.54, 1.807) is 30.3 Å². The fraction of sp³-hybridized carbons (Fsp3) is 0.105. The minimum Gasteiger partial charge on any atom is -0.484 e. The molecule has 0 unspecified atom stereocenters. The Morgan fingerprint density at radius 2 is 1.90 bits per heavy atom. The van der Waals surface area contributed by atoms with Crippen molar-refractivity contribution < 1.29 is 32.2 Å². The predicted molar refractivity (Wildman–Crippen MR) is 105 cm³/mol. The number of carbonyl (C=O) groups excluding carboxylic acids is 2. The molecule has 1 fully saturated rings. The van der Waals surface area contributed by atoms with Crippen molar-refractivity contribution in [3.63, 3.8) is 0 Å². The Balaban J connectivity index is 1.85. The van der Waals surface area contributed by atoms with Crippen molar-refractivity contribution in [1.82, 2.24) is 5.32 Å². The van der Waals surface area contributed by atoms with Gasteiger partial charge in [0.1, 0.15) is 17.3 Å². The molecule has 0 aliphatic carbocycles. The number of ether oxygens (including phenoxy) is 2. The lowest BCUT2D eigenvalue weighted by atomic mass is 10.2. The lowest BCUT2D eigenvalue weighted by Gasteiger charge is -2.09. The summed E-state index contributed by atoms with van der Waals surface area (Å²) in [6.07, 6.45) is -3.18. The Labute approximate surface area is 172 Å². The highest BCUT2D eigenvalue weighted by Gasteiger charge is 2.31. The second kappa shape index (κ2) is 8.91. The standard InChI is InChI=1S/C19H14F3N3O4S/c20-19(21,22)29-14-6-2-4-12(9-14)24-17-15(30-18(27)25-17)8-11-3-1-5-13(7-11)28-10-16(23)26/h1-9H,10H2,(H2,23,26)(H,24,25,27)/b15-8-. The summed E-state index contributed by atoms with van der Waals surface area (Å²) in [6, 6.07) is 11.8. The minimum atomic E-state index is -4.82. The van der Waals surface area contributed by atoms with Crippen LogP contribution < -0.4 is 20.5 Å². The Kier molecular flexibility index (Phi) is 6.31. The molecule has 0 saturated carbocycles. The highest BCUT2D eigenvalue weighted by molar-refractivity contribution is 8.18. The van der Waals surface area contributed by atoms with E-state index in [1.807, 2.05) is 0 Å². The van der Waals surface area contributed by atoms with Crippen molar-refractivity contribution in [2.75, 3.05) is 6.61 Å². The second-order valence-electron chi connectivity index (χ2n) is 5.86. The number of alkyl halides is 3. The van der Waals surface area contributed by atoms with E-state index in [9.17, 15) is 22.8 Å². The van der Waals surface area contributed by atoms with E-state index in [2.05, 4.69) is 15.0 Å². The highest BCUT2D eigenvalue weighted by Crippen LogP contribution is 2.31. The molecule has 0 spiro atoms. The maximum atomic E-state index is 12.4. The van der Waals surface area contributed by atoms with Gasteiger partial charge in [0.05, 0.1) is 10.6 Å². The van der Waals surface area contributed by atoms with Crippen LogP contribution in [0.3, 0.4) is 0 Å². The molecule has 1 heterocycles. The van der Waals surface area contributed by atoms with Gasteiger partial charge in [-0.1, -0.05) is 18.2 Å². The van der Waals surface area contributed by atoms with Gasteiger partial charge in [0, 0.05) is 6.07 Å². The molecule has 3 N–H and O–H groups in total. The number of nitrogens with two attached hydrogens (primary N) is 1. The van der Waals surface area contributed by atoms with Crippen LogP contribution in [0, 0.1) is 0 Å². The molecule has 3 rings (SSSR count). The zero-order valence-electron chi connectivity index (χ0n) is 15.1. The van der Waals surface area contributed by atoms with Crippen LogP contribution in [0.2, 0.25) is 0 Å². The van der Waals surface area contributed by atoms with Crippen LogP contribution in [-0.4, -0.2) is 30.0 Å². The van der Waals surface area contributed by atoms with Crippen molar-refractivity contribution in [3.05, 3.63) is 59.0 Å². The molecule has 0 radical (unpaired) electrons. The molecule has 0 atom stereocenters. The number of hydrogen-bond donors (Lipinski definition) is 2. The fourth-order valence-corrected chi connectivity index (χ4v) is 3.13. The number of nitrogens with zero attached hydrogens (tertiary/aromatic N) is 1. The van der Waals surface area contributed by atoms with Crippen LogP contribution in [0.4, 0.5) is 23.7 Å². The summed E-state index contributed by atoms with van der Waals surface area (Å²) in [7, 11) is 0. The average molecular weight is 437 g/mol. The molecule has 2 aromatic carbocycles. The summed E-state index contributed by atoms with van der Waals surface area (Å²) >= 11 is 0.880. The Bertz CT molecular complexity index is 1040. The first-order chi connectivity index (χ1) is 14.2. The summed E-state index contributed by atoms with van der Waals surface area (Å²) in [5, 5.41) is 2.16. The van der Waals surface area contributed by atoms with Gasteiger partial charge in [0.15, 0.2) is 6.61 Å². The number of benzene rings is 2. The summed E-state index contributed by atoms with van der Waals surface area (Å²) in [4.78, 5) is 27.3. The topological polar surface area (TPSA) is 103 Å². The van der Waals surface area contributed by atoms with E-state index in [0.29, 0.717) is 16.2 Å². The number of primary amides is 1. The molecule has 2 aromatic rings. The van der Waals surface area contributed by atoms with Gasteiger partial charge in [0.2, 0.25) is 0 Å². The van der Waals surface area contributed by atoms with Gasteiger partial charge in [-0.2, -0.15) is 0 Å². The van der Waals surface area contributed by atoms with Crippen LogP contribution in [-0.2, 0) is 4.79 Å². The van der Waals surface area contributed by atoms with Crippen molar-refractivity contribution in [2.24, 2.45) is 10.7 Å². The van der Waals surface area contributed by atoms with Gasteiger partial charge in [-0.05, 0) is 47.7 Å². The lowest BCUT2D eigenvalue weighted by Crippen LogP contribution is -2.20. The Hall–Kier alpha value is -3.47. The van der Waals surface area contributed by atoms with Crippen molar-refractivity contribution in [3.8, 4) is 11.5 Å². The first-order valence-corrected chi connectivity index (χ1v) is 9.16. The monoisotopic (exact) mass is 437 g/mol. The quantitative estimate of drug-likeness (QED) is 0.712. The number of nitrogens with one attached hydrogen (secondary N) is 1. The molecule has 1 aliphatic rings. The fourth-order valence-electron chi connectivity index (χ4n) is 2.39. The molecular formula is C19H14F3N3O4S. The first kappa shape index (κ1) is 21.2. The number of amides is 2. The second-order valence-corrected chi connectivity index (χ2v) is 6.87. The number of aliphatic imine (C=N–C) groups is 1. The molecule has 1 saturated heterocycles. The third-order valence-electron chi connectivity index (χ3n) is 3.49. The number of halogens is 3. The van der Waals surface area contributed by atoms with E-state index in [-0.39, 0.29) is 23.4 Å². The van der Waals surface area contributed by atoms with Crippen molar-refractivity contribution >= 4 is 40.5 Å². The van der Waals surface area contributed by atoms with Crippen LogP contribution in [0.1, 0.15) is 5.56 Å². The van der Waals surface area contributed by atoms with Crippen LogP contribution in [0.25, 0.3) is 6.08 Å². The van der Waals surface area contributed by atoms with Crippen LogP contribution >= 0.6 is 11.8 Å². The number of carbonyl (C=O) groups is 2. The van der Waals surface area contributed by atoms with E-state index >= 15 is 0 Å². The molecule has 7 nitrogen and oxygen atoms in total. The molecule has 1 aliphatic heterocycles.